The number of phenolic OH excluding ortho intramolecular Hbond substituents is 1. The van der Waals surface area contributed by atoms with Crippen LogP contribution in [0.2, 0.25) is 0 Å². The molecule has 4 aliphatic rings. The summed E-state index contributed by atoms with van der Waals surface area (Å²) >= 11 is 0. The molecule has 3 heterocycles. The van der Waals surface area contributed by atoms with E-state index >= 15 is 14.4 Å². The monoisotopic (exact) mass is 948 g/mol. The Kier molecular flexibility index (Phi) is 12.8. The van der Waals surface area contributed by atoms with Gasteiger partial charge in [0.15, 0.2) is 0 Å². The number of fused-ring (bicyclic) bond motifs is 3. The minimum Gasteiger partial charge on any atom is -0.508 e. The van der Waals surface area contributed by atoms with E-state index in [1.54, 1.807) is 60.7 Å². The molecule has 0 saturated carbocycles. The fourth-order valence-electron chi connectivity index (χ4n) is 10.7. The van der Waals surface area contributed by atoms with Gasteiger partial charge in [-0.15, -0.1) is 0 Å². The SMILES string of the molecule is O=C1O[C@H](c2ccccc2)[C@H](c2ccccc2)N2[C@H]1[C@@H](C(=O)NC[C@H](O)c1ccccc1)[C@]1(C(=O)N(C(=O)OCc3ccc([N+](=O)[O-])cc3)c3ccc(C#CC4=CCCCC4)cc31)[C@H]2c1ccc(O)cc1. The van der Waals surface area contributed by atoms with Gasteiger partial charge in [-0.25, -0.2) is 9.69 Å². The molecule has 0 aromatic heterocycles. The van der Waals surface area contributed by atoms with Crippen LogP contribution in [0.25, 0.3) is 0 Å². The van der Waals surface area contributed by atoms with E-state index in [-0.39, 0.29) is 35.8 Å². The van der Waals surface area contributed by atoms with Gasteiger partial charge >= 0.3 is 12.1 Å². The minimum absolute atomic E-state index is 0.0782. The topological polar surface area (TPSA) is 189 Å². The van der Waals surface area contributed by atoms with Crippen LogP contribution in [0, 0.1) is 27.9 Å². The van der Waals surface area contributed by atoms with Crippen LogP contribution < -0.4 is 10.2 Å². The van der Waals surface area contributed by atoms with E-state index in [4.69, 9.17) is 9.47 Å². The van der Waals surface area contributed by atoms with Gasteiger partial charge in [-0.3, -0.25) is 29.4 Å². The zero-order valence-corrected chi connectivity index (χ0v) is 38.3. The quantitative estimate of drug-likeness (QED) is 0.0515. The highest BCUT2D eigenvalue weighted by atomic mass is 16.6. The van der Waals surface area contributed by atoms with Crippen LogP contribution in [-0.2, 0) is 35.9 Å². The molecule has 3 amide bonds. The van der Waals surface area contributed by atoms with Crippen molar-refractivity contribution in [2.75, 3.05) is 11.4 Å². The van der Waals surface area contributed by atoms with Crippen LogP contribution in [0.5, 0.6) is 5.75 Å². The maximum Gasteiger partial charge on any atom is 0.421 e. The van der Waals surface area contributed by atoms with Gasteiger partial charge in [-0.05, 0) is 107 Å². The highest BCUT2D eigenvalue weighted by Gasteiger charge is 2.75. The van der Waals surface area contributed by atoms with Gasteiger partial charge in [0.1, 0.15) is 29.9 Å². The summed E-state index contributed by atoms with van der Waals surface area (Å²) in [5.74, 6) is 2.40. The van der Waals surface area contributed by atoms with Crippen molar-refractivity contribution in [1.82, 2.24) is 10.2 Å². The third kappa shape index (κ3) is 8.60. The van der Waals surface area contributed by atoms with Crippen LogP contribution in [0.15, 0.2) is 169 Å². The van der Waals surface area contributed by atoms with Crippen molar-refractivity contribution >= 4 is 35.3 Å². The summed E-state index contributed by atoms with van der Waals surface area (Å²) in [7, 11) is 0. The van der Waals surface area contributed by atoms with Gasteiger partial charge in [-0.1, -0.05) is 121 Å². The number of anilines is 1. The molecular weight excluding hydrogens is 901 g/mol. The van der Waals surface area contributed by atoms with E-state index < -0.39 is 70.5 Å². The molecule has 6 aromatic rings. The molecule has 7 atom stereocenters. The molecule has 0 bridgehead atoms. The number of aliphatic hydroxyl groups is 1. The number of morpholine rings is 1. The number of cyclic esters (lactones) is 1. The molecule has 1 aliphatic carbocycles. The normalized spacial score (nSPS) is 22.8. The number of carbonyl (C=O) groups excluding carboxylic acids is 4. The molecule has 71 heavy (non-hydrogen) atoms. The number of hydrogen-bond donors (Lipinski definition) is 3. The van der Waals surface area contributed by atoms with Crippen molar-refractivity contribution in [3.8, 4) is 17.6 Å². The van der Waals surface area contributed by atoms with E-state index in [9.17, 15) is 25.1 Å². The molecule has 14 nitrogen and oxygen atoms in total. The summed E-state index contributed by atoms with van der Waals surface area (Å²) in [5, 5.41) is 36.5. The third-order valence-electron chi connectivity index (χ3n) is 14.0. The number of phenols is 1. The Morgan fingerprint density at radius 1 is 0.817 bits per heavy atom. The molecule has 6 aromatic carbocycles. The Labute approximate surface area is 409 Å². The molecule has 2 saturated heterocycles. The summed E-state index contributed by atoms with van der Waals surface area (Å²) < 4.78 is 12.4. The number of nitro benzene ring substituents is 1. The number of hydrogen-bond acceptors (Lipinski definition) is 11. The Morgan fingerprint density at radius 3 is 2.15 bits per heavy atom. The van der Waals surface area contributed by atoms with Crippen molar-refractivity contribution in [2.24, 2.45) is 5.92 Å². The van der Waals surface area contributed by atoms with Crippen molar-refractivity contribution in [3.63, 3.8) is 0 Å². The van der Waals surface area contributed by atoms with Gasteiger partial charge in [0.2, 0.25) is 11.8 Å². The van der Waals surface area contributed by atoms with Gasteiger partial charge < -0.3 is 25.0 Å². The number of ether oxygens (including phenoxy) is 2. The van der Waals surface area contributed by atoms with Crippen LogP contribution >= 0.6 is 0 Å². The molecule has 3 aliphatic heterocycles. The first-order valence-corrected chi connectivity index (χ1v) is 23.5. The van der Waals surface area contributed by atoms with Gasteiger partial charge in [0, 0.05) is 24.2 Å². The molecule has 14 heteroatoms. The molecule has 3 N–H and O–H groups in total. The fourth-order valence-corrected chi connectivity index (χ4v) is 10.7. The maximum absolute atomic E-state index is 16.5. The first-order valence-electron chi connectivity index (χ1n) is 23.5. The number of aliphatic hydroxyl groups excluding tert-OH is 1. The van der Waals surface area contributed by atoms with Crippen LogP contribution in [-0.4, -0.2) is 56.5 Å². The number of esters is 1. The van der Waals surface area contributed by atoms with Crippen LogP contribution in [0.3, 0.4) is 0 Å². The van der Waals surface area contributed by atoms with Gasteiger partial charge in [0.05, 0.1) is 34.7 Å². The first-order chi connectivity index (χ1) is 34.5. The molecular formula is C57H48N4O10. The van der Waals surface area contributed by atoms with Gasteiger partial charge in [0.25, 0.3) is 5.69 Å². The number of aromatic hydroxyl groups is 1. The highest BCUT2D eigenvalue weighted by Crippen LogP contribution is 2.66. The number of carbonyl (C=O) groups is 4. The Balaban J connectivity index is 1.21. The van der Waals surface area contributed by atoms with Crippen LogP contribution in [0.4, 0.5) is 16.2 Å². The highest BCUT2D eigenvalue weighted by molar-refractivity contribution is 6.23. The second kappa shape index (κ2) is 19.6. The summed E-state index contributed by atoms with van der Waals surface area (Å²) in [4.78, 5) is 76.1. The molecule has 0 unspecified atom stereocenters. The summed E-state index contributed by atoms with van der Waals surface area (Å²) in [6.45, 7) is -0.682. The molecule has 1 spiro atoms. The lowest BCUT2D eigenvalue weighted by atomic mass is 9.65. The average molecular weight is 949 g/mol. The van der Waals surface area contributed by atoms with E-state index in [2.05, 4.69) is 23.2 Å². The first kappa shape index (κ1) is 46.4. The molecule has 10 rings (SSSR count). The zero-order chi connectivity index (χ0) is 49.2. The smallest absolute Gasteiger partial charge is 0.421 e. The van der Waals surface area contributed by atoms with E-state index in [0.717, 1.165) is 36.2 Å². The second-order valence-electron chi connectivity index (χ2n) is 18.1. The predicted molar refractivity (Wildman–Crippen MR) is 261 cm³/mol. The second-order valence-corrected chi connectivity index (χ2v) is 18.1. The number of nitro groups is 1. The van der Waals surface area contributed by atoms with Gasteiger partial charge in [-0.2, -0.15) is 0 Å². The lowest BCUT2D eigenvalue weighted by Gasteiger charge is -2.46. The fraction of sp³-hybridized carbons (Fsp3) is 0.228. The van der Waals surface area contributed by atoms with Crippen molar-refractivity contribution in [1.29, 1.82) is 0 Å². The van der Waals surface area contributed by atoms with Crippen LogP contribution in [0.1, 0.15) is 88.9 Å². The van der Waals surface area contributed by atoms with Crippen molar-refractivity contribution in [2.45, 2.75) is 68.0 Å². The van der Waals surface area contributed by atoms with E-state index in [1.165, 1.54) is 36.4 Å². The number of amides is 3. The van der Waals surface area contributed by atoms with E-state index in [0.29, 0.717) is 33.4 Å². The lowest BCUT2D eigenvalue weighted by molar-refractivity contribution is -0.384. The Bertz CT molecular complexity index is 3100. The Hall–Kier alpha value is -8.38. The maximum atomic E-state index is 16.5. The van der Waals surface area contributed by atoms with Crippen molar-refractivity contribution < 1.29 is 43.8 Å². The molecule has 356 valence electrons. The number of allylic oxidation sites excluding steroid dienone is 2. The number of nitrogens with one attached hydrogen (secondary N) is 1. The molecule has 0 radical (unpaired) electrons. The largest absolute Gasteiger partial charge is 0.508 e. The number of imide groups is 1. The lowest BCUT2D eigenvalue weighted by Crippen LogP contribution is -2.56. The van der Waals surface area contributed by atoms with E-state index in [1.807, 2.05) is 65.6 Å². The zero-order valence-electron chi connectivity index (χ0n) is 38.3. The van der Waals surface area contributed by atoms with Crippen molar-refractivity contribution in [3.05, 3.63) is 218 Å². The minimum atomic E-state index is -2.15. The standard InChI is InChI=1S/C57H48N4O10/c62-44-30-26-42(27-31-44)52-57(45-33-37(22-21-36-13-5-1-6-14-36)25-32-46(45)59(55(57)66)56(67)70-35-38-23-28-43(29-24-38)61(68)69)48(53(64)58-34-47(63)39-15-7-2-8-16-39)50-54(65)71-51(41-19-11-4-12-20-41)49(60(50)52)40-17-9-3-10-18-40/h2-4,7-13,15-20,23-33,47-52,62-63H,1,5-6,14,34-35H2,(H,58,64)/t47-,48-,49-,50-,51+,52+,57-/m0/s1. The number of non-ortho nitro benzene ring substituents is 1. The number of rotatable bonds is 10. The number of nitrogens with zero attached hydrogens (tertiary/aromatic N) is 3. The number of benzene rings is 6. The predicted octanol–water partition coefficient (Wildman–Crippen LogP) is 9.00. The Morgan fingerprint density at radius 2 is 1.49 bits per heavy atom. The summed E-state index contributed by atoms with van der Waals surface area (Å²) in [6, 6.07) is 40.3. The third-order valence-corrected chi connectivity index (χ3v) is 14.0. The summed E-state index contributed by atoms with van der Waals surface area (Å²) in [6.07, 6.45) is 2.59. The average Bonchev–Trinajstić information content (AvgIpc) is 3.86. The summed E-state index contributed by atoms with van der Waals surface area (Å²) in [5.41, 5.74) is 2.13. The molecule has 2 fully saturated rings.